The largest absolute Gasteiger partial charge is 0.421 e. The highest BCUT2D eigenvalue weighted by atomic mass is 32.1. The normalized spacial score (nSPS) is 23.1. The molecule has 2 saturated carbocycles. The number of amides is 1. The topological polar surface area (TPSA) is 59.2 Å². The lowest BCUT2D eigenvalue weighted by atomic mass is 9.83. The van der Waals surface area contributed by atoms with E-state index in [-0.39, 0.29) is 5.91 Å². The molecule has 2 aliphatic rings. The first-order valence-electron chi connectivity index (χ1n) is 9.90. The van der Waals surface area contributed by atoms with Crippen LogP contribution in [-0.4, -0.2) is 33.1 Å². The smallest absolute Gasteiger partial charge is 0.248 e. The maximum atomic E-state index is 12.9. The van der Waals surface area contributed by atoms with E-state index in [1.165, 1.54) is 44.9 Å². The molecule has 2 aliphatic carbocycles. The maximum Gasteiger partial charge on any atom is 0.248 e. The Morgan fingerprint density at radius 3 is 2.54 bits per heavy atom. The van der Waals surface area contributed by atoms with E-state index in [0.717, 1.165) is 11.5 Å². The van der Waals surface area contributed by atoms with E-state index >= 15 is 0 Å². The molecular weight excluding hydrogens is 346 g/mol. The molecule has 0 N–H and O–H groups in total. The van der Waals surface area contributed by atoms with Gasteiger partial charge in [0.05, 0.1) is 0 Å². The first-order valence-corrected chi connectivity index (χ1v) is 10.8. The quantitative estimate of drug-likeness (QED) is 0.706. The van der Waals surface area contributed by atoms with Gasteiger partial charge in [0, 0.05) is 35.9 Å². The van der Waals surface area contributed by atoms with Crippen molar-refractivity contribution in [1.82, 2.24) is 15.1 Å². The summed E-state index contributed by atoms with van der Waals surface area (Å²) in [6.45, 7) is 2.28. The minimum absolute atomic E-state index is 0.266. The lowest BCUT2D eigenvalue weighted by Crippen LogP contribution is -2.44. The maximum absolute atomic E-state index is 12.9. The second-order valence-electron chi connectivity index (χ2n) is 7.63. The lowest BCUT2D eigenvalue weighted by Gasteiger charge is -2.37. The average molecular weight is 374 g/mol. The molecule has 26 heavy (non-hydrogen) atoms. The van der Waals surface area contributed by atoms with Crippen LogP contribution < -0.4 is 0 Å². The van der Waals surface area contributed by atoms with Gasteiger partial charge in [-0.05, 0) is 55.9 Å². The Bertz CT molecular complexity index is 715. The molecule has 2 aromatic heterocycles. The fourth-order valence-electron chi connectivity index (χ4n) is 4.09. The fourth-order valence-corrected chi connectivity index (χ4v) is 4.72. The lowest BCUT2D eigenvalue weighted by molar-refractivity contribution is -0.135. The number of nitrogens with zero attached hydrogens (tertiary/aromatic N) is 3. The molecule has 1 amide bonds. The third-order valence-electron chi connectivity index (χ3n) is 5.80. The highest BCUT2D eigenvalue weighted by Gasteiger charge is 2.38. The summed E-state index contributed by atoms with van der Waals surface area (Å²) in [6.07, 6.45) is 9.49. The van der Waals surface area contributed by atoms with Crippen molar-refractivity contribution in [2.75, 3.05) is 0 Å². The van der Waals surface area contributed by atoms with Gasteiger partial charge in [-0.1, -0.05) is 13.3 Å². The number of thiophene rings is 1. The third-order valence-corrected chi connectivity index (χ3v) is 6.49. The number of hydrogen-bond donors (Lipinski definition) is 0. The molecule has 5 nitrogen and oxygen atoms in total. The summed E-state index contributed by atoms with van der Waals surface area (Å²) < 4.78 is 5.72. The van der Waals surface area contributed by atoms with Gasteiger partial charge in [0.25, 0.3) is 0 Å². The fraction of sp³-hybridized carbons (Fsp3) is 0.650. The minimum atomic E-state index is 0.266. The molecule has 0 saturated heterocycles. The molecule has 0 atom stereocenters. The van der Waals surface area contributed by atoms with E-state index < -0.39 is 0 Å². The number of carbonyl (C=O) groups is 1. The standard InChI is InChI=1S/C20H27N3O2S/c1-2-14-3-5-16(6-4-14)23(17-7-8-17)19(24)10-9-18-21-22-20(25-18)15-11-12-26-13-15/h11-14,16-17H,2-10H2,1H3. The molecule has 2 heterocycles. The van der Waals surface area contributed by atoms with Crippen LogP contribution in [0.4, 0.5) is 0 Å². The van der Waals surface area contributed by atoms with E-state index in [1.54, 1.807) is 11.3 Å². The van der Waals surface area contributed by atoms with Crippen LogP contribution in [-0.2, 0) is 11.2 Å². The van der Waals surface area contributed by atoms with Crippen molar-refractivity contribution in [3.05, 3.63) is 22.7 Å². The Kier molecular flexibility index (Phi) is 5.38. The summed E-state index contributed by atoms with van der Waals surface area (Å²) in [5.41, 5.74) is 0.951. The average Bonchev–Trinajstić information content (AvgIpc) is 3.15. The zero-order valence-corrected chi connectivity index (χ0v) is 16.2. The van der Waals surface area contributed by atoms with Crippen molar-refractivity contribution >= 4 is 17.2 Å². The van der Waals surface area contributed by atoms with Gasteiger partial charge in [0.2, 0.25) is 17.7 Å². The molecule has 6 heteroatoms. The monoisotopic (exact) mass is 373 g/mol. The molecule has 2 aromatic rings. The highest BCUT2D eigenvalue weighted by Crippen LogP contribution is 2.36. The van der Waals surface area contributed by atoms with Crippen molar-refractivity contribution in [1.29, 1.82) is 0 Å². The van der Waals surface area contributed by atoms with Gasteiger partial charge in [0.1, 0.15) is 0 Å². The predicted octanol–water partition coefficient (Wildman–Crippen LogP) is 4.69. The van der Waals surface area contributed by atoms with Gasteiger partial charge in [-0.15, -0.1) is 10.2 Å². The van der Waals surface area contributed by atoms with Gasteiger partial charge < -0.3 is 9.32 Å². The predicted molar refractivity (Wildman–Crippen MR) is 102 cm³/mol. The van der Waals surface area contributed by atoms with Gasteiger partial charge in [-0.2, -0.15) is 11.3 Å². The van der Waals surface area contributed by atoms with Crippen molar-refractivity contribution in [3.63, 3.8) is 0 Å². The third kappa shape index (κ3) is 4.00. The van der Waals surface area contributed by atoms with Crippen LogP contribution in [0.5, 0.6) is 0 Å². The van der Waals surface area contributed by atoms with Crippen molar-refractivity contribution in [3.8, 4) is 11.5 Å². The van der Waals surface area contributed by atoms with Crippen molar-refractivity contribution in [2.45, 2.75) is 76.8 Å². The van der Waals surface area contributed by atoms with E-state index in [9.17, 15) is 4.79 Å². The Labute approximate surface area is 158 Å². The molecule has 4 rings (SSSR count). The zero-order valence-electron chi connectivity index (χ0n) is 15.4. The molecule has 0 radical (unpaired) electrons. The number of aryl methyl sites for hydroxylation is 1. The molecule has 2 fully saturated rings. The van der Waals surface area contributed by atoms with Crippen LogP contribution in [0.25, 0.3) is 11.5 Å². The van der Waals surface area contributed by atoms with Crippen molar-refractivity contribution < 1.29 is 9.21 Å². The van der Waals surface area contributed by atoms with Crippen LogP contribution in [0.15, 0.2) is 21.2 Å². The first kappa shape index (κ1) is 17.7. The van der Waals surface area contributed by atoms with E-state index in [0.29, 0.717) is 36.7 Å². The summed E-state index contributed by atoms with van der Waals surface area (Å²) >= 11 is 1.60. The number of rotatable bonds is 7. The van der Waals surface area contributed by atoms with Crippen LogP contribution in [0.2, 0.25) is 0 Å². The number of carbonyl (C=O) groups excluding carboxylic acids is 1. The molecule has 0 unspecified atom stereocenters. The van der Waals surface area contributed by atoms with E-state index in [2.05, 4.69) is 22.0 Å². The summed E-state index contributed by atoms with van der Waals surface area (Å²) in [7, 11) is 0. The van der Waals surface area contributed by atoms with Crippen LogP contribution in [0, 0.1) is 5.92 Å². The summed E-state index contributed by atoms with van der Waals surface area (Å²) in [6, 6.07) is 2.89. The Morgan fingerprint density at radius 1 is 1.19 bits per heavy atom. The second-order valence-corrected chi connectivity index (χ2v) is 8.41. The number of hydrogen-bond acceptors (Lipinski definition) is 5. The SMILES string of the molecule is CCC1CCC(N(C(=O)CCc2nnc(-c3ccsc3)o2)C2CC2)CC1. The summed E-state index contributed by atoms with van der Waals surface area (Å²) in [5, 5.41) is 12.2. The Balaban J connectivity index is 1.34. The molecule has 0 spiro atoms. The van der Waals surface area contributed by atoms with Crippen molar-refractivity contribution in [2.24, 2.45) is 5.92 Å². The molecule has 0 aliphatic heterocycles. The first-order chi connectivity index (χ1) is 12.7. The zero-order chi connectivity index (χ0) is 17.9. The Morgan fingerprint density at radius 2 is 1.92 bits per heavy atom. The minimum Gasteiger partial charge on any atom is -0.421 e. The van der Waals surface area contributed by atoms with Crippen LogP contribution in [0.1, 0.15) is 64.2 Å². The summed E-state index contributed by atoms with van der Waals surface area (Å²) in [4.78, 5) is 15.1. The molecule has 140 valence electrons. The van der Waals surface area contributed by atoms with Gasteiger partial charge in [-0.3, -0.25) is 4.79 Å². The van der Waals surface area contributed by atoms with Crippen LogP contribution in [0.3, 0.4) is 0 Å². The molecule has 0 bridgehead atoms. The van der Waals surface area contributed by atoms with Gasteiger partial charge in [-0.25, -0.2) is 0 Å². The van der Waals surface area contributed by atoms with Gasteiger partial charge >= 0.3 is 0 Å². The number of aromatic nitrogens is 2. The molecular formula is C20H27N3O2S. The van der Waals surface area contributed by atoms with Gasteiger partial charge in [0.15, 0.2) is 0 Å². The highest BCUT2D eigenvalue weighted by molar-refractivity contribution is 7.08. The molecule has 0 aromatic carbocycles. The van der Waals surface area contributed by atoms with Crippen LogP contribution >= 0.6 is 11.3 Å². The second kappa shape index (κ2) is 7.91. The summed E-state index contributed by atoms with van der Waals surface area (Å²) in [5.74, 6) is 2.23. The van der Waals surface area contributed by atoms with E-state index in [4.69, 9.17) is 4.42 Å². The van der Waals surface area contributed by atoms with E-state index in [1.807, 2.05) is 16.8 Å². The Hall–Kier alpha value is -1.69.